The summed E-state index contributed by atoms with van der Waals surface area (Å²) in [6.07, 6.45) is -7.19. The molecule has 1 N–H and O–H groups in total. The van der Waals surface area contributed by atoms with E-state index in [-0.39, 0.29) is 23.7 Å². The van der Waals surface area contributed by atoms with E-state index in [1.165, 1.54) is 13.4 Å². The van der Waals surface area contributed by atoms with E-state index in [0.29, 0.717) is 24.1 Å². The number of fused-ring (bicyclic) bond motifs is 2. The summed E-state index contributed by atoms with van der Waals surface area (Å²) in [4.78, 5) is 14.1. The van der Waals surface area contributed by atoms with Gasteiger partial charge in [-0.25, -0.2) is 15.4 Å². The van der Waals surface area contributed by atoms with E-state index in [2.05, 4.69) is 35.6 Å². The Hall–Kier alpha value is -2.48. The fourth-order valence-corrected chi connectivity index (χ4v) is 4.47. The van der Waals surface area contributed by atoms with E-state index in [0.717, 1.165) is 25.8 Å². The van der Waals surface area contributed by atoms with Crippen LogP contribution in [0.25, 0.3) is 0 Å². The number of halogens is 7. The van der Waals surface area contributed by atoms with Crippen LogP contribution >= 0.6 is 11.6 Å². The Morgan fingerprint density at radius 3 is 2.44 bits per heavy atom. The van der Waals surface area contributed by atoms with Crippen molar-refractivity contribution in [3.05, 3.63) is 29.2 Å². The average Bonchev–Trinajstić information content (AvgIpc) is 3.02. The van der Waals surface area contributed by atoms with Crippen molar-refractivity contribution in [2.75, 3.05) is 31.6 Å². The van der Waals surface area contributed by atoms with Gasteiger partial charge in [-0.2, -0.15) is 31.5 Å². The van der Waals surface area contributed by atoms with Gasteiger partial charge in [-0.05, 0) is 26.2 Å². The molecule has 1 aliphatic heterocycles. The van der Waals surface area contributed by atoms with E-state index in [1.54, 1.807) is 6.07 Å². The lowest BCUT2D eigenvalue weighted by Gasteiger charge is -2.36. The maximum Gasteiger partial charge on any atom is 0.412 e. The van der Waals surface area contributed by atoms with Gasteiger partial charge in [0, 0.05) is 43.6 Å². The molecule has 0 aromatic carbocycles. The molecule has 1 saturated heterocycles. The average molecular weight is 542 g/mol. The highest BCUT2D eigenvalue weighted by molar-refractivity contribution is 6.29. The summed E-state index contributed by atoms with van der Waals surface area (Å²) >= 11 is 5.97. The number of nitrogens with one attached hydrogen (secondary N) is 1. The molecule has 4 atom stereocenters. The Bertz CT molecular complexity index is 970. The van der Waals surface area contributed by atoms with Crippen molar-refractivity contribution in [1.82, 2.24) is 15.4 Å². The van der Waals surface area contributed by atoms with Gasteiger partial charge < -0.3 is 9.64 Å². The molecule has 2 heterocycles. The Morgan fingerprint density at radius 1 is 1.22 bits per heavy atom. The van der Waals surface area contributed by atoms with Crippen LogP contribution in [0.15, 0.2) is 39.4 Å². The number of rotatable bonds is 8. The summed E-state index contributed by atoms with van der Waals surface area (Å²) < 4.78 is 81.4. The van der Waals surface area contributed by atoms with Gasteiger partial charge in [-0.3, -0.25) is 4.99 Å². The molecule has 0 spiro atoms. The van der Waals surface area contributed by atoms with Crippen LogP contribution in [-0.2, 0) is 4.74 Å². The highest BCUT2D eigenvalue weighted by Gasteiger charge is 2.43. The predicted molar refractivity (Wildman–Crippen MR) is 121 cm³/mol. The topological polar surface area (TPSA) is 87.4 Å². The van der Waals surface area contributed by atoms with Gasteiger partial charge in [0.05, 0.1) is 6.04 Å². The summed E-state index contributed by atoms with van der Waals surface area (Å²) in [6, 6.07) is 1.55. The number of aromatic nitrogens is 2. The minimum atomic E-state index is -4.66. The van der Waals surface area contributed by atoms with Crippen LogP contribution in [0.2, 0.25) is 5.15 Å². The number of nitrogens with zero attached hydrogens (tertiary/aromatic N) is 6. The lowest BCUT2D eigenvalue weighted by molar-refractivity contribution is -0.179. The van der Waals surface area contributed by atoms with Crippen LogP contribution < -0.4 is 10.3 Å². The first kappa shape index (κ1) is 28.1. The fraction of sp³-hybridized carbons (Fsp3) is 0.667. The molecule has 1 saturated carbocycles. The van der Waals surface area contributed by atoms with Crippen LogP contribution in [0.4, 0.5) is 32.2 Å². The van der Waals surface area contributed by atoms with E-state index in [9.17, 15) is 26.3 Å². The molecule has 2 fully saturated rings. The fourth-order valence-electron chi connectivity index (χ4n) is 4.33. The van der Waals surface area contributed by atoms with Crippen molar-refractivity contribution in [3.8, 4) is 0 Å². The largest absolute Gasteiger partial charge is 0.412 e. The predicted octanol–water partition coefficient (Wildman–Crippen LogP) is 5.18. The van der Waals surface area contributed by atoms with Gasteiger partial charge in [0.15, 0.2) is 0 Å². The smallest absolute Gasteiger partial charge is 0.361 e. The van der Waals surface area contributed by atoms with Crippen molar-refractivity contribution in [2.45, 2.75) is 50.7 Å². The van der Waals surface area contributed by atoms with Crippen LogP contribution in [0.3, 0.4) is 0 Å². The summed E-state index contributed by atoms with van der Waals surface area (Å²) in [5, 5.41) is 8.62. The lowest BCUT2D eigenvalue weighted by atomic mass is 9.93. The van der Waals surface area contributed by atoms with Gasteiger partial charge >= 0.3 is 12.4 Å². The number of piperidine rings is 1. The van der Waals surface area contributed by atoms with Gasteiger partial charge in [0.1, 0.15) is 35.8 Å². The van der Waals surface area contributed by atoms with Crippen LogP contribution in [-0.4, -0.2) is 67.0 Å². The molecule has 2 bridgehead atoms. The zero-order valence-electron chi connectivity index (χ0n) is 19.5. The van der Waals surface area contributed by atoms with Gasteiger partial charge in [-0.1, -0.05) is 22.9 Å². The number of hydrogen-bond donors (Lipinski definition) is 1. The van der Waals surface area contributed by atoms with Crippen LogP contribution in [0, 0.1) is 11.8 Å². The van der Waals surface area contributed by atoms with Gasteiger partial charge in [-0.15, -0.1) is 0 Å². The SMILES string of the molecule is CN=C(NN=NC1[C@@H]2CC[C@H]1CN(c1cc(Cl)ncn1)C2)C(C/C=C(\C)C(F)(F)F)OCC(F)(F)F. The molecule has 2 unspecified atom stereocenters. The highest BCUT2D eigenvalue weighted by atomic mass is 35.5. The summed E-state index contributed by atoms with van der Waals surface area (Å²) in [5.41, 5.74) is 1.54. The number of hydrogen-bond acceptors (Lipinski definition) is 7. The number of alkyl halides is 6. The number of anilines is 1. The Balaban J connectivity index is 1.65. The Morgan fingerprint density at radius 2 is 1.89 bits per heavy atom. The molecular weight excluding hydrogens is 516 g/mol. The number of allylic oxidation sites excluding steroid dienone is 1. The quantitative estimate of drug-likeness (QED) is 0.0932. The first-order valence-corrected chi connectivity index (χ1v) is 11.5. The maximum atomic E-state index is 12.8. The third kappa shape index (κ3) is 7.76. The van der Waals surface area contributed by atoms with E-state index >= 15 is 0 Å². The van der Waals surface area contributed by atoms with E-state index in [1.807, 2.05) is 0 Å². The minimum Gasteiger partial charge on any atom is -0.361 e. The first-order valence-electron chi connectivity index (χ1n) is 11.1. The molecule has 2 aliphatic rings. The third-order valence-electron chi connectivity index (χ3n) is 6.16. The standard InChI is InChI=1S/C21H26ClF6N7O/c1-12(21(26,27)28)3-6-15(36-10-20(23,24)25)19(29-2)33-34-32-18-13-4-5-14(18)9-35(8-13)17-7-16(22)30-11-31-17/h3,7,11,13-15,18H,4-6,8-10H2,1-2H3,(H,29,32,33)/b12-3+/t13-,14+,15?,18?. The molecule has 0 amide bonds. The van der Waals surface area contributed by atoms with E-state index < -0.39 is 37.1 Å². The molecule has 0 radical (unpaired) electrons. The van der Waals surface area contributed by atoms with Crippen LogP contribution in [0.5, 0.6) is 0 Å². The van der Waals surface area contributed by atoms with Crippen molar-refractivity contribution < 1.29 is 31.1 Å². The Labute approximate surface area is 208 Å². The van der Waals surface area contributed by atoms with E-state index in [4.69, 9.17) is 16.3 Å². The van der Waals surface area contributed by atoms with Gasteiger partial charge in [0.2, 0.25) is 0 Å². The summed E-state index contributed by atoms with van der Waals surface area (Å²) in [7, 11) is 1.27. The molecule has 1 aromatic rings. The first-order chi connectivity index (χ1) is 16.9. The number of ether oxygens (including phenoxy) is 1. The zero-order valence-corrected chi connectivity index (χ0v) is 20.3. The molecule has 1 aliphatic carbocycles. The van der Waals surface area contributed by atoms with Gasteiger partial charge in [0.25, 0.3) is 0 Å². The molecule has 36 heavy (non-hydrogen) atoms. The summed E-state index contributed by atoms with van der Waals surface area (Å²) in [6.45, 7) is 0.514. The minimum absolute atomic E-state index is 0.133. The number of amidine groups is 1. The van der Waals surface area contributed by atoms with Crippen molar-refractivity contribution in [1.29, 1.82) is 0 Å². The second-order valence-corrected chi connectivity index (χ2v) is 9.05. The highest BCUT2D eigenvalue weighted by Crippen LogP contribution is 2.40. The van der Waals surface area contributed by atoms with Crippen molar-refractivity contribution in [2.24, 2.45) is 27.2 Å². The zero-order chi connectivity index (χ0) is 26.5. The Kier molecular flexibility index (Phi) is 9.14. The second kappa shape index (κ2) is 11.7. The summed E-state index contributed by atoms with van der Waals surface area (Å²) in [5.74, 6) is 0.890. The molecular formula is C21H26ClF6N7O. The normalized spacial score (nSPS) is 24.5. The lowest BCUT2D eigenvalue weighted by Crippen LogP contribution is -2.44. The molecule has 15 heteroatoms. The van der Waals surface area contributed by atoms with Crippen molar-refractivity contribution in [3.63, 3.8) is 0 Å². The monoisotopic (exact) mass is 541 g/mol. The molecule has 8 nitrogen and oxygen atoms in total. The third-order valence-corrected chi connectivity index (χ3v) is 6.37. The maximum absolute atomic E-state index is 12.8. The molecule has 1 aromatic heterocycles. The second-order valence-electron chi connectivity index (χ2n) is 8.66. The van der Waals surface area contributed by atoms with Crippen LogP contribution in [0.1, 0.15) is 26.2 Å². The molecule has 200 valence electrons. The molecule has 3 rings (SSSR count). The van der Waals surface area contributed by atoms with Crippen molar-refractivity contribution >= 4 is 23.3 Å². The number of aliphatic imine (C=N–C) groups is 1.